The van der Waals surface area contributed by atoms with Crippen molar-refractivity contribution in [3.8, 4) is 5.75 Å². The Labute approximate surface area is 150 Å². The number of benzene rings is 2. The zero-order valence-corrected chi connectivity index (χ0v) is 15.5. The number of hydrogen-bond donors (Lipinski definition) is 2. The third-order valence-corrected chi connectivity index (χ3v) is 4.04. The Balaban J connectivity index is 1.78. The van der Waals surface area contributed by atoms with Crippen LogP contribution >= 0.6 is 22.6 Å². The predicted molar refractivity (Wildman–Crippen MR) is 102 cm³/mol. The second kappa shape index (κ2) is 8.76. The van der Waals surface area contributed by atoms with Crippen LogP contribution in [0.15, 0.2) is 42.5 Å². The Kier molecular flexibility index (Phi) is 6.70. The van der Waals surface area contributed by atoms with E-state index in [4.69, 9.17) is 4.74 Å². The SMILES string of the molecule is CCCc1ccc(OCNC(=O)Nc2ccc(I)cc2C)cc1. The molecule has 0 fully saturated rings. The lowest BCUT2D eigenvalue weighted by atomic mass is 10.1. The molecule has 0 aliphatic heterocycles. The van der Waals surface area contributed by atoms with E-state index in [9.17, 15) is 4.79 Å². The quantitative estimate of drug-likeness (QED) is 0.521. The van der Waals surface area contributed by atoms with E-state index in [0.29, 0.717) is 0 Å². The normalized spacial score (nSPS) is 10.2. The molecule has 4 nitrogen and oxygen atoms in total. The molecular formula is C18H21IN2O2. The van der Waals surface area contributed by atoms with Crippen LogP contribution in [0.1, 0.15) is 24.5 Å². The maximum Gasteiger partial charge on any atom is 0.321 e. The molecule has 2 N–H and O–H groups in total. The number of aryl methyl sites for hydroxylation is 2. The van der Waals surface area contributed by atoms with Crippen LogP contribution in [0.4, 0.5) is 10.5 Å². The van der Waals surface area contributed by atoms with Crippen LogP contribution in [0.5, 0.6) is 5.75 Å². The van der Waals surface area contributed by atoms with Crippen molar-refractivity contribution < 1.29 is 9.53 Å². The van der Waals surface area contributed by atoms with Crippen molar-refractivity contribution in [3.63, 3.8) is 0 Å². The van der Waals surface area contributed by atoms with Crippen LogP contribution in [-0.2, 0) is 6.42 Å². The number of rotatable bonds is 6. The smallest absolute Gasteiger partial charge is 0.321 e. The van der Waals surface area contributed by atoms with Crippen LogP contribution in [-0.4, -0.2) is 12.8 Å². The summed E-state index contributed by atoms with van der Waals surface area (Å²) in [6.45, 7) is 4.25. The molecule has 0 aliphatic rings. The molecule has 0 radical (unpaired) electrons. The molecule has 5 heteroatoms. The number of carbonyl (C=O) groups excluding carboxylic acids is 1. The minimum atomic E-state index is -0.281. The molecular weight excluding hydrogens is 403 g/mol. The van der Waals surface area contributed by atoms with Crippen LogP contribution in [0.25, 0.3) is 0 Å². The van der Waals surface area contributed by atoms with E-state index >= 15 is 0 Å². The van der Waals surface area contributed by atoms with Crippen molar-refractivity contribution in [2.45, 2.75) is 26.7 Å². The summed E-state index contributed by atoms with van der Waals surface area (Å²) >= 11 is 2.24. The van der Waals surface area contributed by atoms with Gasteiger partial charge in [-0.2, -0.15) is 0 Å². The number of halogens is 1. The summed E-state index contributed by atoms with van der Waals surface area (Å²) in [5.74, 6) is 0.746. The minimum Gasteiger partial charge on any atom is -0.473 e. The molecule has 122 valence electrons. The van der Waals surface area contributed by atoms with Gasteiger partial charge in [0.05, 0.1) is 0 Å². The van der Waals surface area contributed by atoms with Crippen molar-refractivity contribution in [1.29, 1.82) is 0 Å². The van der Waals surface area contributed by atoms with E-state index in [-0.39, 0.29) is 12.8 Å². The second-order valence-electron chi connectivity index (χ2n) is 5.27. The standard InChI is InChI=1S/C18H21IN2O2/c1-3-4-14-5-8-16(9-6-14)23-12-20-18(22)21-17-10-7-15(19)11-13(17)2/h5-11H,3-4,12H2,1-2H3,(H2,20,21,22). The Bertz CT molecular complexity index is 657. The van der Waals surface area contributed by atoms with Gasteiger partial charge in [0.15, 0.2) is 6.73 Å². The lowest BCUT2D eigenvalue weighted by Gasteiger charge is -2.11. The molecule has 0 aliphatic carbocycles. The summed E-state index contributed by atoms with van der Waals surface area (Å²) in [5.41, 5.74) is 3.12. The molecule has 23 heavy (non-hydrogen) atoms. The highest BCUT2D eigenvalue weighted by molar-refractivity contribution is 14.1. The zero-order valence-electron chi connectivity index (χ0n) is 13.4. The van der Waals surface area contributed by atoms with Crippen molar-refractivity contribution >= 4 is 34.3 Å². The van der Waals surface area contributed by atoms with Crippen molar-refractivity contribution in [2.24, 2.45) is 0 Å². The Morgan fingerprint density at radius 2 is 1.91 bits per heavy atom. The predicted octanol–water partition coefficient (Wildman–Crippen LogP) is 4.71. The molecule has 2 rings (SSSR count). The van der Waals surface area contributed by atoms with Crippen LogP contribution in [0.2, 0.25) is 0 Å². The Morgan fingerprint density at radius 3 is 2.57 bits per heavy atom. The summed E-state index contributed by atoms with van der Waals surface area (Å²) < 4.78 is 6.66. The molecule has 0 saturated carbocycles. The van der Waals surface area contributed by atoms with E-state index in [1.54, 1.807) is 0 Å². The molecule has 0 unspecified atom stereocenters. The fourth-order valence-corrected chi connectivity index (χ4v) is 2.81. The number of amides is 2. The number of ether oxygens (including phenoxy) is 1. The fraction of sp³-hybridized carbons (Fsp3) is 0.278. The van der Waals surface area contributed by atoms with Gasteiger partial charge in [-0.25, -0.2) is 4.79 Å². The second-order valence-corrected chi connectivity index (χ2v) is 6.52. The lowest BCUT2D eigenvalue weighted by molar-refractivity contribution is 0.234. The summed E-state index contributed by atoms with van der Waals surface area (Å²) in [6.07, 6.45) is 2.19. The molecule has 2 aromatic carbocycles. The van der Waals surface area contributed by atoms with Gasteiger partial charge in [0.2, 0.25) is 0 Å². The molecule has 0 aromatic heterocycles. The molecule has 0 heterocycles. The maximum absolute atomic E-state index is 11.9. The van der Waals surface area contributed by atoms with Gasteiger partial charge < -0.3 is 15.4 Å². The topological polar surface area (TPSA) is 50.4 Å². The molecule has 0 atom stereocenters. The van der Waals surface area contributed by atoms with Crippen LogP contribution in [0.3, 0.4) is 0 Å². The molecule has 0 bridgehead atoms. The van der Waals surface area contributed by atoms with Gasteiger partial charge in [0.1, 0.15) is 5.75 Å². The monoisotopic (exact) mass is 424 g/mol. The summed E-state index contributed by atoms with van der Waals surface area (Å²) in [5, 5.41) is 5.50. The maximum atomic E-state index is 11.9. The highest BCUT2D eigenvalue weighted by Crippen LogP contribution is 2.17. The number of anilines is 1. The first kappa shape index (κ1) is 17.6. The number of hydrogen-bond acceptors (Lipinski definition) is 2. The van der Waals surface area contributed by atoms with Gasteiger partial charge in [-0.05, 0) is 77.4 Å². The number of urea groups is 1. The van der Waals surface area contributed by atoms with Gasteiger partial charge in [-0.1, -0.05) is 25.5 Å². The van der Waals surface area contributed by atoms with E-state index in [0.717, 1.165) is 33.4 Å². The van der Waals surface area contributed by atoms with Gasteiger partial charge in [0.25, 0.3) is 0 Å². The highest BCUT2D eigenvalue weighted by Gasteiger charge is 2.04. The minimum absolute atomic E-state index is 0.127. The average molecular weight is 424 g/mol. The molecule has 2 amide bonds. The van der Waals surface area contributed by atoms with Crippen LogP contribution in [0, 0.1) is 10.5 Å². The Hall–Kier alpha value is -1.76. The zero-order chi connectivity index (χ0) is 16.7. The van der Waals surface area contributed by atoms with E-state index < -0.39 is 0 Å². The fourth-order valence-electron chi connectivity index (χ4n) is 2.16. The third-order valence-electron chi connectivity index (χ3n) is 3.37. The van der Waals surface area contributed by atoms with Crippen molar-refractivity contribution in [3.05, 3.63) is 57.2 Å². The third kappa shape index (κ3) is 5.74. The van der Waals surface area contributed by atoms with E-state index in [1.807, 2.05) is 49.4 Å². The summed E-state index contributed by atoms with van der Waals surface area (Å²) in [4.78, 5) is 11.9. The van der Waals surface area contributed by atoms with E-state index in [1.165, 1.54) is 5.56 Å². The largest absolute Gasteiger partial charge is 0.473 e. The van der Waals surface area contributed by atoms with Crippen LogP contribution < -0.4 is 15.4 Å². The first-order valence-corrected chi connectivity index (χ1v) is 8.69. The highest BCUT2D eigenvalue weighted by atomic mass is 127. The number of carbonyl (C=O) groups is 1. The lowest BCUT2D eigenvalue weighted by Crippen LogP contribution is -2.32. The van der Waals surface area contributed by atoms with Gasteiger partial charge in [-0.15, -0.1) is 0 Å². The van der Waals surface area contributed by atoms with Crippen molar-refractivity contribution in [1.82, 2.24) is 5.32 Å². The van der Waals surface area contributed by atoms with Gasteiger partial charge in [0, 0.05) is 9.26 Å². The summed E-state index contributed by atoms with van der Waals surface area (Å²) in [7, 11) is 0. The first-order valence-electron chi connectivity index (χ1n) is 7.61. The van der Waals surface area contributed by atoms with Gasteiger partial charge in [-0.3, -0.25) is 0 Å². The first-order chi connectivity index (χ1) is 11.1. The molecule has 0 saturated heterocycles. The number of nitrogens with one attached hydrogen (secondary N) is 2. The summed E-state index contributed by atoms with van der Waals surface area (Å²) in [6, 6.07) is 13.5. The molecule has 0 spiro atoms. The van der Waals surface area contributed by atoms with Crippen molar-refractivity contribution in [2.75, 3.05) is 12.0 Å². The average Bonchev–Trinajstić information content (AvgIpc) is 2.52. The Morgan fingerprint density at radius 1 is 1.17 bits per heavy atom. The van der Waals surface area contributed by atoms with E-state index in [2.05, 4.69) is 40.1 Å². The molecule has 2 aromatic rings. The van der Waals surface area contributed by atoms with Gasteiger partial charge >= 0.3 is 6.03 Å².